The summed E-state index contributed by atoms with van der Waals surface area (Å²) in [6, 6.07) is 7.08. The second kappa shape index (κ2) is 4.47. The predicted molar refractivity (Wildman–Crippen MR) is 61.3 cm³/mol. The van der Waals surface area contributed by atoms with E-state index in [9.17, 15) is 9.59 Å². The Labute approximate surface area is 94.9 Å². The summed E-state index contributed by atoms with van der Waals surface area (Å²) >= 11 is 0. The van der Waals surface area contributed by atoms with E-state index in [-0.39, 0.29) is 17.7 Å². The number of rotatable bonds is 2. The van der Waals surface area contributed by atoms with Gasteiger partial charge in [0.15, 0.2) is 5.78 Å². The number of ketones is 1. The van der Waals surface area contributed by atoms with E-state index in [0.29, 0.717) is 12.0 Å². The van der Waals surface area contributed by atoms with Crippen LogP contribution in [0.3, 0.4) is 0 Å². The number of carbonyl (C=O) groups is 2. The normalized spacial score (nSPS) is 19.8. The van der Waals surface area contributed by atoms with Crippen molar-refractivity contribution in [3.8, 4) is 0 Å². The Bertz CT molecular complexity index is 408. The first-order valence-corrected chi connectivity index (χ1v) is 5.57. The summed E-state index contributed by atoms with van der Waals surface area (Å²) in [7, 11) is 0. The smallest absolute Gasteiger partial charge is 0.251 e. The van der Waals surface area contributed by atoms with Gasteiger partial charge in [-0.1, -0.05) is 17.7 Å². The molecule has 1 unspecified atom stereocenters. The minimum atomic E-state index is -0.270. The monoisotopic (exact) mass is 217 g/mol. The minimum Gasteiger partial charge on any atom is -0.342 e. The molecule has 16 heavy (non-hydrogen) atoms. The molecule has 1 saturated carbocycles. The van der Waals surface area contributed by atoms with Crippen LogP contribution in [-0.2, 0) is 4.79 Å². The second-order valence-electron chi connectivity index (χ2n) is 4.25. The average molecular weight is 217 g/mol. The number of carbonyl (C=O) groups excluding carboxylic acids is 2. The summed E-state index contributed by atoms with van der Waals surface area (Å²) in [5, 5.41) is 2.78. The topological polar surface area (TPSA) is 46.2 Å². The van der Waals surface area contributed by atoms with Crippen molar-refractivity contribution in [1.29, 1.82) is 0 Å². The Balaban J connectivity index is 2.02. The van der Waals surface area contributed by atoms with Crippen LogP contribution in [0.2, 0.25) is 0 Å². The summed E-state index contributed by atoms with van der Waals surface area (Å²) < 4.78 is 0. The fourth-order valence-electron chi connectivity index (χ4n) is 1.91. The van der Waals surface area contributed by atoms with Crippen LogP contribution >= 0.6 is 0 Å². The average Bonchev–Trinajstić information content (AvgIpc) is 2.65. The Morgan fingerprint density at radius 3 is 2.56 bits per heavy atom. The van der Waals surface area contributed by atoms with Crippen molar-refractivity contribution in [1.82, 2.24) is 5.32 Å². The highest BCUT2D eigenvalue weighted by molar-refractivity contribution is 5.98. The van der Waals surface area contributed by atoms with Gasteiger partial charge in [0.25, 0.3) is 5.91 Å². The van der Waals surface area contributed by atoms with E-state index >= 15 is 0 Å². The molecule has 3 nitrogen and oxygen atoms in total. The number of benzene rings is 1. The van der Waals surface area contributed by atoms with Crippen LogP contribution in [0.1, 0.15) is 35.2 Å². The zero-order chi connectivity index (χ0) is 11.5. The van der Waals surface area contributed by atoms with Crippen molar-refractivity contribution in [2.24, 2.45) is 0 Å². The van der Waals surface area contributed by atoms with Crippen LogP contribution in [0, 0.1) is 6.92 Å². The molecule has 2 rings (SSSR count). The molecule has 0 aromatic heterocycles. The fourth-order valence-corrected chi connectivity index (χ4v) is 1.91. The lowest BCUT2D eigenvalue weighted by Crippen LogP contribution is -2.37. The quantitative estimate of drug-likeness (QED) is 0.821. The van der Waals surface area contributed by atoms with Crippen LogP contribution in [0.15, 0.2) is 24.3 Å². The lowest BCUT2D eigenvalue weighted by Gasteiger charge is -2.10. The highest BCUT2D eigenvalue weighted by Gasteiger charge is 2.25. The molecule has 0 heterocycles. The zero-order valence-corrected chi connectivity index (χ0v) is 9.32. The SMILES string of the molecule is Cc1ccc(C(=O)NC2CCCC2=O)cc1. The number of Topliss-reactive ketones (excluding diaryl/α,β-unsaturated/α-hetero) is 1. The van der Waals surface area contributed by atoms with E-state index in [1.807, 2.05) is 19.1 Å². The Kier molecular flexibility index (Phi) is 3.04. The van der Waals surface area contributed by atoms with Gasteiger partial charge in [-0.25, -0.2) is 0 Å². The lowest BCUT2D eigenvalue weighted by atomic mass is 10.1. The molecule has 1 fully saturated rings. The van der Waals surface area contributed by atoms with Gasteiger partial charge in [-0.3, -0.25) is 9.59 Å². The van der Waals surface area contributed by atoms with Gasteiger partial charge in [0.05, 0.1) is 6.04 Å². The third-order valence-corrected chi connectivity index (χ3v) is 2.92. The standard InChI is InChI=1S/C13H15NO2/c1-9-5-7-10(8-6-9)13(16)14-11-3-2-4-12(11)15/h5-8,11H,2-4H2,1H3,(H,14,16). The molecule has 0 aliphatic heterocycles. The van der Waals surface area contributed by atoms with Crippen molar-refractivity contribution in [3.63, 3.8) is 0 Å². The molecular weight excluding hydrogens is 202 g/mol. The van der Waals surface area contributed by atoms with E-state index in [1.165, 1.54) is 0 Å². The highest BCUT2D eigenvalue weighted by atomic mass is 16.2. The molecular formula is C13H15NO2. The largest absolute Gasteiger partial charge is 0.342 e. The maximum absolute atomic E-state index is 11.8. The first kappa shape index (κ1) is 10.9. The molecule has 1 aliphatic carbocycles. The Hall–Kier alpha value is -1.64. The predicted octanol–water partition coefficient (Wildman–Crippen LogP) is 1.85. The van der Waals surface area contributed by atoms with Crippen molar-refractivity contribution < 1.29 is 9.59 Å². The van der Waals surface area contributed by atoms with Gasteiger partial charge in [0.1, 0.15) is 0 Å². The van der Waals surface area contributed by atoms with Gasteiger partial charge in [-0.05, 0) is 31.9 Å². The summed E-state index contributed by atoms with van der Waals surface area (Å²) in [6.45, 7) is 1.97. The lowest BCUT2D eigenvalue weighted by molar-refractivity contribution is -0.118. The van der Waals surface area contributed by atoms with Gasteiger partial charge in [0.2, 0.25) is 0 Å². The van der Waals surface area contributed by atoms with Crippen molar-refractivity contribution in [3.05, 3.63) is 35.4 Å². The van der Waals surface area contributed by atoms with Crippen LogP contribution < -0.4 is 5.32 Å². The third kappa shape index (κ3) is 2.30. The first-order chi connectivity index (χ1) is 7.66. The molecule has 1 amide bonds. The van der Waals surface area contributed by atoms with Gasteiger partial charge in [-0.15, -0.1) is 0 Å². The second-order valence-corrected chi connectivity index (χ2v) is 4.25. The van der Waals surface area contributed by atoms with E-state index in [4.69, 9.17) is 0 Å². The molecule has 1 aliphatic rings. The molecule has 0 radical (unpaired) electrons. The van der Waals surface area contributed by atoms with E-state index < -0.39 is 0 Å². The fraction of sp³-hybridized carbons (Fsp3) is 0.385. The molecule has 3 heteroatoms. The molecule has 1 aromatic rings. The first-order valence-electron chi connectivity index (χ1n) is 5.57. The summed E-state index contributed by atoms with van der Waals surface area (Å²) in [6.07, 6.45) is 2.26. The molecule has 0 bridgehead atoms. The highest BCUT2D eigenvalue weighted by Crippen LogP contribution is 2.15. The van der Waals surface area contributed by atoms with E-state index in [1.54, 1.807) is 12.1 Å². The third-order valence-electron chi connectivity index (χ3n) is 2.92. The Morgan fingerprint density at radius 2 is 2.00 bits per heavy atom. The number of amides is 1. The molecule has 1 atom stereocenters. The minimum absolute atomic E-state index is 0.153. The van der Waals surface area contributed by atoms with Gasteiger partial charge in [-0.2, -0.15) is 0 Å². The van der Waals surface area contributed by atoms with Gasteiger partial charge >= 0.3 is 0 Å². The Morgan fingerprint density at radius 1 is 1.31 bits per heavy atom. The molecule has 1 aromatic carbocycles. The molecule has 0 spiro atoms. The zero-order valence-electron chi connectivity index (χ0n) is 9.32. The number of hydrogen-bond acceptors (Lipinski definition) is 2. The van der Waals surface area contributed by atoms with Crippen LogP contribution in [0.25, 0.3) is 0 Å². The number of hydrogen-bond donors (Lipinski definition) is 1. The van der Waals surface area contributed by atoms with Crippen LogP contribution in [0.5, 0.6) is 0 Å². The molecule has 0 saturated heterocycles. The van der Waals surface area contributed by atoms with Crippen molar-refractivity contribution in [2.45, 2.75) is 32.2 Å². The molecule has 84 valence electrons. The summed E-state index contributed by atoms with van der Waals surface area (Å²) in [5.74, 6) is 0.000659. The maximum Gasteiger partial charge on any atom is 0.251 e. The van der Waals surface area contributed by atoms with E-state index in [2.05, 4.69) is 5.32 Å². The van der Waals surface area contributed by atoms with Gasteiger partial charge in [0, 0.05) is 12.0 Å². The molecule has 1 N–H and O–H groups in total. The number of aryl methyl sites for hydroxylation is 1. The summed E-state index contributed by atoms with van der Waals surface area (Å²) in [5.41, 5.74) is 1.73. The van der Waals surface area contributed by atoms with Gasteiger partial charge < -0.3 is 5.32 Å². The number of nitrogens with one attached hydrogen (secondary N) is 1. The maximum atomic E-state index is 11.8. The van der Waals surface area contributed by atoms with Crippen molar-refractivity contribution >= 4 is 11.7 Å². The van der Waals surface area contributed by atoms with Crippen LogP contribution in [-0.4, -0.2) is 17.7 Å². The van der Waals surface area contributed by atoms with Crippen LogP contribution in [0.4, 0.5) is 0 Å². The van der Waals surface area contributed by atoms with E-state index in [0.717, 1.165) is 18.4 Å². The van der Waals surface area contributed by atoms with Crippen molar-refractivity contribution in [2.75, 3.05) is 0 Å². The summed E-state index contributed by atoms with van der Waals surface area (Å²) in [4.78, 5) is 23.2.